The first-order valence-corrected chi connectivity index (χ1v) is 10.6. The molecule has 1 amide bonds. The van der Waals surface area contributed by atoms with Gasteiger partial charge < -0.3 is 10.1 Å². The van der Waals surface area contributed by atoms with Crippen molar-refractivity contribution < 1.29 is 17.9 Å². The molecular formula is C17H25ClN2O4S. The van der Waals surface area contributed by atoms with Crippen LogP contribution in [0.25, 0.3) is 0 Å². The van der Waals surface area contributed by atoms with Crippen molar-refractivity contribution in [3.8, 4) is 5.75 Å². The summed E-state index contributed by atoms with van der Waals surface area (Å²) in [5.74, 6) is 0.0199. The van der Waals surface area contributed by atoms with E-state index in [1.54, 1.807) is 19.1 Å². The second-order valence-electron chi connectivity index (χ2n) is 6.39. The number of anilines is 1. The van der Waals surface area contributed by atoms with Crippen molar-refractivity contribution in [2.75, 3.05) is 17.7 Å². The van der Waals surface area contributed by atoms with E-state index >= 15 is 0 Å². The normalized spacial score (nSPS) is 17.0. The van der Waals surface area contributed by atoms with Gasteiger partial charge in [0.25, 0.3) is 0 Å². The summed E-state index contributed by atoms with van der Waals surface area (Å²) in [5.41, 5.74) is 0.254. The van der Waals surface area contributed by atoms with Gasteiger partial charge in [0.05, 0.1) is 19.1 Å². The number of hydrogen-bond donors (Lipinski definition) is 1. The number of amides is 1. The summed E-state index contributed by atoms with van der Waals surface area (Å²) in [6.07, 6.45) is 6.26. The molecular weight excluding hydrogens is 364 g/mol. The van der Waals surface area contributed by atoms with E-state index in [0.717, 1.165) is 36.2 Å². The van der Waals surface area contributed by atoms with E-state index in [1.807, 2.05) is 0 Å². The maximum Gasteiger partial charge on any atom is 0.243 e. The molecule has 1 fully saturated rings. The van der Waals surface area contributed by atoms with Crippen LogP contribution in [-0.4, -0.2) is 39.8 Å². The average Bonchev–Trinajstić information content (AvgIpc) is 2.55. The zero-order valence-corrected chi connectivity index (χ0v) is 16.4. The van der Waals surface area contributed by atoms with E-state index in [-0.39, 0.29) is 17.6 Å². The van der Waals surface area contributed by atoms with Crippen LogP contribution < -0.4 is 14.4 Å². The molecule has 0 spiro atoms. The molecule has 140 valence electrons. The molecule has 2 rings (SSSR count). The summed E-state index contributed by atoms with van der Waals surface area (Å²) < 4.78 is 31.1. The van der Waals surface area contributed by atoms with Crippen LogP contribution in [0.3, 0.4) is 0 Å². The second kappa shape index (κ2) is 8.27. The molecule has 1 aromatic carbocycles. The van der Waals surface area contributed by atoms with Gasteiger partial charge in [-0.05, 0) is 38.0 Å². The van der Waals surface area contributed by atoms with E-state index in [2.05, 4.69) is 5.32 Å². The summed E-state index contributed by atoms with van der Waals surface area (Å²) in [4.78, 5) is 12.7. The molecule has 0 unspecified atom stereocenters. The average molecular weight is 389 g/mol. The Hall–Kier alpha value is -1.47. The van der Waals surface area contributed by atoms with Crippen molar-refractivity contribution >= 4 is 33.2 Å². The molecule has 1 saturated carbocycles. The lowest BCUT2D eigenvalue weighted by molar-refractivity contribution is -0.122. The smallest absolute Gasteiger partial charge is 0.243 e. The quantitative estimate of drug-likeness (QED) is 0.812. The van der Waals surface area contributed by atoms with Crippen molar-refractivity contribution in [2.45, 2.75) is 51.1 Å². The third-order valence-corrected chi connectivity index (χ3v) is 5.88. The number of benzene rings is 1. The van der Waals surface area contributed by atoms with Crippen LogP contribution >= 0.6 is 11.6 Å². The van der Waals surface area contributed by atoms with Gasteiger partial charge in [-0.25, -0.2) is 8.42 Å². The molecule has 0 aliphatic heterocycles. The Kier molecular flexibility index (Phi) is 6.57. The minimum absolute atomic E-state index is 0.103. The Balaban J connectivity index is 2.31. The number of methoxy groups -OCH3 is 1. The number of ether oxygens (including phenoxy) is 1. The summed E-state index contributed by atoms with van der Waals surface area (Å²) in [5, 5.41) is 3.34. The van der Waals surface area contributed by atoms with Crippen LogP contribution in [0.2, 0.25) is 5.02 Å². The third-order valence-electron chi connectivity index (χ3n) is 4.42. The fourth-order valence-corrected chi connectivity index (χ4v) is 4.52. The lowest BCUT2D eigenvalue weighted by atomic mass is 9.95. The summed E-state index contributed by atoms with van der Waals surface area (Å²) in [6, 6.07) is 3.88. The number of carbonyl (C=O) groups is 1. The Morgan fingerprint density at radius 2 is 1.96 bits per heavy atom. The van der Waals surface area contributed by atoms with Gasteiger partial charge in [0.15, 0.2) is 0 Å². The summed E-state index contributed by atoms with van der Waals surface area (Å²) in [7, 11) is -2.27. The van der Waals surface area contributed by atoms with Gasteiger partial charge >= 0.3 is 0 Å². The molecule has 0 radical (unpaired) electrons. The van der Waals surface area contributed by atoms with Gasteiger partial charge in [0.2, 0.25) is 15.9 Å². The molecule has 0 heterocycles. The fraction of sp³-hybridized carbons (Fsp3) is 0.588. The van der Waals surface area contributed by atoms with Crippen LogP contribution in [0.1, 0.15) is 39.0 Å². The second-order valence-corrected chi connectivity index (χ2v) is 8.69. The summed E-state index contributed by atoms with van der Waals surface area (Å²) in [6.45, 7) is 1.57. The Morgan fingerprint density at radius 1 is 1.32 bits per heavy atom. The molecule has 1 aliphatic rings. The molecule has 1 aromatic rings. The van der Waals surface area contributed by atoms with E-state index in [9.17, 15) is 13.2 Å². The minimum Gasteiger partial charge on any atom is -0.495 e. The van der Waals surface area contributed by atoms with Gasteiger partial charge in [-0.1, -0.05) is 30.9 Å². The van der Waals surface area contributed by atoms with Crippen LogP contribution in [-0.2, 0) is 14.8 Å². The van der Waals surface area contributed by atoms with Crippen LogP contribution in [0.5, 0.6) is 5.75 Å². The third kappa shape index (κ3) is 5.01. The highest BCUT2D eigenvalue weighted by molar-refractivity contribution is 7.92. The van der Waals surface area contributed by atoms with E-state index in [1.165, 1.54) is 19.6 Å². The Labute approximate surface area is 154 Å². The Bertz CT molecular complexity index is 717. The predicted molar refractivity (Wildman–Crippen MR) is 99.8 cm³/mol. The topological polar surface area (TPSA) is 75.7 Å². The highest BCUT2D eigenvalue weighted by Crippen LogP contribution is 2.34. The van der Waals surface area contributed by atoms with Crippen molar-refractivity contribution in [1.29, 1.82) is 0 Å². The van der Waals surface area contributed by atoms with Gasteiger partial charge in [-0.2, -0.15) is 0 Å². The highest BCUT2D eigenvalue weighted by atomic mass is 35.5. The van der Waals surface area contributed by atoms with Crippen LogP contribution in [0, 0.1) is 0 Å². The number of hydrogen-bond acceptors (Lipinski definition) is 4. The van der Waals surface area contributed by atoms with Crippen molar-refractivity contribution in [2.24, 2.45) is 0 Å². The lowest BCUT2D eigenvalue weighted by Crippen LogP contribution is -2.50. The number of nitrogens with zero attached hydrogens (tertiary/aromatic N) is 1. The molecule has 25 heavy (non-hydrogen) atoms. The molecule has 0 bridgehead atoms. The number of carbonyl (C=O) groups excluding carboxylic acids is 1. The Morgan fingerprint density at radius 3 is 2.52 bits per heavy atom. The van der Waals surface area contributed by atoms with E-state index in [4.69, 9.17) is 16.3 Å². The maximum absolute atomic E-state index is 12.7. The molecule has 0 saturated heterocycles. The largest absolute Gasteiger partial charge is 0.495 e. The number of rotatable bonds is 6. The zero-order valence-electron chi connectivity index (χ0n) is 14.8. The first kappa shape index (κ1) is 19.8. The molecule has 0 aromatic heterocycles. The van der Waals surface area contributed by atoms with Gasteiger partial charge in [0, 0.05) is 11.1 Å². The SMILES string of the molecule is COc1ccc(Cl)cc1N([C@@H](C)C(=O)NC1CCCCC1)S(C)(=O)=O. The van der Waals surface area contributed by atoms with Crippen molar-refractivity contribution in [3.63, 3.8) is 0 Å². The summed E-state index contributed by atoms with van der Waals surface area (Å²) >= 11 is 6.03. The fourth-order valence-electron chi connectivity index (χ4n) is 3.19. The molecule has 1 aliphatic carbocycles. The van der Waals surface area contributed by atoms with Gasteiger partial charge in [-0.3, -0.25) is 9.10 Å². The zero-order chi connectivity index (χ0) is 18.6. The lowest BCUT2D eigenvalue weighted by Gasteiger charge is -2.31. The molecule has 6 nitrogen and oxygen atoms in total. The maximum atomic E-state index is 12.7. The van der Waals surface area contributed by atoms with E-state index < -0.39 is 16.1 Å². The number of sulfonamides is 1. The van der Waals surface area contributed by atoms with Crippen LogP contribution in [0.4, 0.5) is 5.69 Å². The number of halogens is 1. The molecule has 1 atom stereocenters. The predicted octanol–water partition coefficient (Wildman–Crippen LogP) is 2.95. The van der Waals surface area contributed by atoms with Crippen LogP contribution in [0.15, 0.2) is 18.2 Å². The minimum atomic E-state index is -3.72. The van der Waals surface area contributed by atoms with E-state index in [0.29, 0.717) is 10.8 Å². The standard InChI is InChI=1S/C17H25ClN2O4S/c1-12(17(21)19-14-7-5-4-6-8-14)20(25(3,22)23)15-11-13(18)9-10-16(15)24-2/h9-12,14H,4-8H2,1-3H3,(H,19,21)/t12-/m0/s1. The highest BCUT2D eigenvalue weighted by Gasteiger charge is 2.32. The molecule has 1 N–H and O–H groups in total. The van der Waals surface area contributed by atoms with Crippen molar-refractivity contribution in [1.82, 2.24) is 5.32 Å². The first-order valence-electron chi connectivity index (χ1n) is 8.37. The molecule has 8 heteroatoms. The monoisotopic (exact) mass is 388 g/mol. The number of nitrogens with one attached hydrogen (secondary N) is 1. The van der Waals surface area contributed by atoms with Gasteiger partial charge in [0.1, 0.15) is 11.8 Å². The first-order chi connectivity index (χ1) is 11.7. The van der Waals surface area contributed by atoms with Gasteiger partial charge in [-0.15, -0.1) is 0 Å². The van der Waals surface area contributed by atoms with Crippen molar-refractivity contribution in [3.05, 3.63) is 23.2 Å².